The smallest absolute Gasteiger partial charge is 0.0586 e. The maximum Gasteiger partial charge on any atom is 0.0586 e. The molecule has 0 bridgehead atoms. The Hall–Kier alpha value is -1.18. The molecule has 0 atom stereocenters. The molecule has 0 heterocycles. The average molecular weight is 272 g/mol. The van der Waals surface area contributed by atoms with Gasteiger partial charge in [0, 0.05) is 0 Å². The Labute approximate surface area is 122 Å². The SMILES string of the molecule is CCc1c(C2CCCC2)cc(N)c(N)c1C1CCCC1. The van der Waals surface area contributed by atoms with Crippen LogP contribution in [-0.2, 0) is 6.42 Å². The Kier molecular flexibility index (Phi) is 3.91. The van der Waals surface area contributed by atoms with Crippen LogP contribution in [0.4, 0.5) is 11.4 Å². The van der Waals surface area contributed by atoms with E-state index in [9.17, 15) is 0 Å². The Morgan fingerprint density at radius 3 is 2.05 bits per heavy atom. The highest BCUT2D eigenvalue weighted by Gasteiger charge is 2.28. The van der Waals surface area contributed by atoms with Gasteiger partial charge in [-0.05, 0) is 66.7 Å². The first-order valence-electron chi connectivity index (χ1n) is 8.43. The van der Waals surface area contributed by atoms with E-state index >= 15 is 0 Å². The van der Waals surface area contributed by atoms with Gasteiger partial charge in [-0.2, -0.15) is 0 Å². The van der Waals surface area contributed by atoms with E-state index in [0.717, 1.165) is 23.7 Å². The van der Waals surface area contributed by atoms with Gasteiger partial charge in [0.05, 0.1) is 11.4 Å². The number of hydrogen-bond donors (Lipinski definition) is 2. The standard InChI is InChI=1S/C18H28N2/c1-2-14-15(12-7-3-4-8-12)11-16(19)18(20)17(14)13-9-5-6-10-13/h11-13H,2-10,19-20H2,1H3. The van der Waals surface area contributed by atoms with Gasteiger partial charge in [0.25, 0.3) is 0 Å². The van der Waals surface area contributed by atoms with Gasteiger partial charge in [0.2, 0.25) is 0 Å². The number of nitrogens with two attached hydrogens (primary N) is 2. The molecule has 0 radical (unpaired) electrons. The summed E-state index contributed by atoms with van der Waals surface area (Å²) >= 11 is 0. The molecule has 2 aliphatic carbocycles. The molecule has 1 aromatic carbocycles. The fourth-order valence-corrected chi connectivity index (χ4v) is 4.48. The van der Waals surface area contributed by atoms with Crippen LogP contribution in [0.25, 0.3) is 0 Å². The van der Waals surface area contributed by atoms with Crippen molar-refractivity contribution < 1.29 is 0 Å². The van der Waals surface area contributed by atoms with Crippen LogP contribution < -0.4 is 11.5 Å². The highest BCUT2D eigenvalue weighted by Crippen LogP contribution is 2.46. The zero-order valence-electron chi connectivity index (χ0n) is 12.8. The first-order chi connectivity index (χ1) is 9.72. The largest absolute Gasteiger partial charge is 0.397 e. The van der Waals surface area contributed by atoms with Gasteiger partial charge in [-0.3, -0.25) is 0 Å². The summed E-state index contributed by atoms with van der Waals surface area (Å²) in [6, 6.07) is 2.20. The summed E-state index contributed by atoms with van der Waals surface area (Å²) in [7, 11) is 0. The fourth-order valence-electron chi connectivity index (χ4n) is 4.48. The molecule has 0 aromatic heterocycles. The molecule has 2 nitrogen and oxygen atoms in total. The number of hydrogen-bond acceptors (Lipinski definition) is 2. The van der Waals surface area contributed by atoms with Gasteiger partial charge in [-0.15, -0.1) is 0 Å². The van der Waals surface area contributed by atoms with Crippen molar-refractivity contribution in [2.24, 2.45) is 0 Å². The third kappa shape index (κ3) is 2.30. The van der Waals surface area contributed by atoms with Crippen molar-refractivity contribution in [3.05, 3.63) is 22.8 Å². The lowest BCUT2D eigenvalue weighted by Gasteiger charge is -2.25. The summed E-state index contributed by atoms with van der Waals surface area (Å²) in [5.41, 5.74) is 18.8. The van der Waals surface area contributed by atoms with Crippen LogP contribution in [0.2, 0.25) is 0 Å². The van der Waals surface area contributed by atoms with Crippen molar-refractivity contribution in [2.75, 3.05) is 11.5 Å². The third-order valence-corrected chi connectivity index (χ3v) is 5.50. The van der Waals surface area contributed by atoms with E-state index in [4.69, 9.17) is 11.5 Å². The fraction of sp³-hybridized carbons (Fsp3) is 0.667. The Bertz CT molecular complexity index is 481. The molecule has 0 unspecified atom stereocenters. The quantitative estimate of drug-likeness (QED) is 0.782. The van der Waals surface area contributed by atoms with E-state index in [1.807, 2.05) is 0 Å². The van der Waals surface area contributed by atoms with Crippen LogP contribution in [-0.4, -0.2) is 0 Å². The Morgan fingerprint density at radius 1 is 0.950 bits per heavy atom. The molecule has 0 saturated heterocycles. The van der Waals surface area contributed by atoms with Gasteiger partial charge < -0.3 is 11.5 Å². The van der Waals surface area contributed by atoms with Crippen LogP contribution in [0.5, 0.6) is 0 Å². The Balaban J connectivity index is 2.10. The minimum atomic E-state index is 0.661. The lowest BCUT2D eigenvalue weighted by atomic mass is 9.82. The molecule has 110 valence electrons. The summed E-state index contributed by atoms with van der Waals surface area (Å²) in [4.78, 5) is 0. The molecule has 2 aliphatic rings. The topological polar surface area (TPSA) is 52.0 Å². The van der Waals surface area contributed by atoms with Crippen LogP contribution in [0.1, 0.15) is 86.8 Å². The first kappa shape index (κ1) is 13.8. The second-order valence-electron chi connectivity index (χ2n) is 6.68. The highest BCUT2D eigenvalue weighted by molar-refractivity contribution is 5.72. The molecular weight excluding hydrogens is 244 g/mol. The van der Waals surface area contributed by atoms with Crippen LogP contribution >= 0.6 is 0 Å². The van der Waals surface area contributed by atoms with Gasteiger partial charge in [0.1, 0.15) is 0 Å². The number of rotatable bonds is 3. The van der Waals surface area contributed by atoms with Gasteiger partial charge in [0.15, 0.2) is 0 Å². The van der Waals surface area contributed by atoms with Crippen LogP contribution in [0.3, 0.4) is 0 Å². The lowest BCUT2D eigenvalue weighted by Crippen LogP contribution is -2.11. The van der Waals surface area contributed by atoms with E-state index < -0.39 is 0 Å². The van der Waals surface area contributed by atoms with Gasteiger partial charge in [-0.25, -0.2) is 0 Å². The monoisotopic (exact) mass is 272 g/mol. The van der Waals surface area contributed by atoms with E-state index in [-0.39, 0.29) is 0 Å². The molecule has 4 N–H and O–H groups in total. The predicted octanol–water partition coefficient (Wildman–Crippen LogP) is 4.73. The first-order valence-corrected chi connectivity index (χ1v) is 8.43. The van der Waals surface area contributed by atoms with Crippen molar-refractivity contribution in [3.8, 4) is 0 Å². The van der Waals surface area contributed by atoms with E-state index in [1.165, 1.54) is 68.1 Å². The number of anilines is 2. The molecule has 2 fully saturated rings. The summed E-state index contributed by atoms with van der Waals surface area (Å²) in [6.07, 6.45) is 11.8. The second-order valence-corrected chi connectivity index (χ2v) is 6.68. The molecule has 0 aliphatic heterocycles. The summed E-state index contributed by atoms with van der Waals surface area (Å²) in [6.45, 7) is 2.28. The highest BCUT2D eigenvalue weighted by atomic mass is 14.7. The molecule has 20 heavy (non-hydrogen) atoms. The zero-order chi connectivity index (χ0) is 14.1. The Morgan fingerprint density at radius 2 is 1.50 bits per heavy atom. The molecule has 1 aromatic rings. The van der Waals surface area contributed by atoms with Crippen LogP contribution in [0.15, 0.2) is 6.07 Å². The molecule has 0 spiro atoms. The third-order valence-electron chi connectivity index (χ3n) is 5.50. The van der Waals surface area contributed by atoms with Crippen molar-refractivity contribution in [1.29, 1.82) is 0 Å². The summed E-state index contributed by atoms with van der Waals surface area (Å²) in [5.74, 6) is 1.39. The number of benzene rings is 1. The van der Waals surface area contributed by atoms with Crippen molar-refractivity contribution >= 4 is 11.4 Å². The van der Waals surface area contributed by atoms with Crippen molar-refractivity contribution in [1.82, 2.24) is 0 Å². The van der Waals surface area contributed by atoms with Gasteiger partial charge in [-0.1, -0.05) is 32.6 Å². The van der Waals surface area contributed by atoms with Crippen LogP contribution in [0, 0.1) is 0 Å². The second kappa shape index (κ2) is 5.67. The minimum Gasteiger partial charge on any atom is -0.397 e. The maximum absolute atomic E-state index is 6.38. The zero-order valence-corrected chi connectivity index (χ0v) is 12.8. The van der Waals surface area contributed by atoms with Crippen molar-refractivity contribution in [3.63, 3.8) is 0 Å². The molecule has 3 rings (SSSR count). The van der Waals surface area contributed by atoms with Crippen molar-refractivity contribution in [2.45, 2.75) is 76.5 Å². The van der Waals surface area contributed by atoms with Gasteiger partial charge >= 0.3 is 0 Å². The molecule has 2 saturated carbocycles. The molecular formula is C18H28N2. The predicted molar refractivity (Wildman–Crippen MR) is 87.1 cm³/mol. The molecule has 0 amide bonds. The van der Waals surface area contributed by atoms with E-state index in [1.54, 1.807) is 0 Å². The van der Waals surface area contributed by atoms with E-state index in [2.05, 4.69) is 13.0 Å². The summed E-state index contributed by atoms with van der Waals surface area (Å²) < 4.78 is 0. The summed E-state index contributed by atoms with van der Waals surface area (Å²) in [5, 5.41) is 0. The minimum absolute atomic E-state index is 0.661. The van der Waals surface area contributed by atoms with E-state index in [0.29, 0.717) is 5.92 Å². The number of nitrogen functional groups attached to an aromatic ring is 2. The normalized spacial score (nSPS) is 20.9. The maximum atomic E-state index is 6.38. The molecule has 2 heteroatoms. The average Bonchev–Trinajstić information content (AvgIpc) is 3.13. The lowest BCUT2D eigenvalue weighted by molar-refractivity contribution is 0.685.